The molecule has 11 aromatic rings. The summed E-state index contributed by atoms with van der Waals surface area (Å²) in [6.07, 6.45) is 0. The summed E-state index contributed by atoms with van der Waals surface area (Å²) in [5, 5.41) is 7.53. The molecule has 0 fully saturated rings. The maximum absolute atomic E-state index is 5.38. The van der Waals surface area contributed by atoms with Crippen molar-refractivity contribution in [3.63, 3.8) is 0 Å². The highest BCUT2D eigenvalue weighted by atomic mass is 15.0. The third-order valence-corrected chi connectivity index (χ3v) is 10.9. The molecule has 0 aliphatic heterocycles. The first-order chi connectivity index (χ1) is 27.3. The summed E-state index contributed by atoms with van der Waals surface area (Å²) in [5.74, 6) is 0. The maximum atomic E-state index is 5.38. The molecular weight excluding hydrogens is 667 g/mol. The molecule has 0 aliphatic carbocycles. The Morgan fingerprint density at radius 2 is 0.764 bits per heavy atom. The third-order valence-electron chi connectivity index (χ3n) is 10.9. The van der Waals surface area contributed by atoms with E-state index in [9.17, 15) is 0 Å². The van der Waals surface area contributed by atoms with E-state index in [4.69, 9.17) is 9.97 Å². The quantitative estimate of drug-likeness (QED) is 0.179. The first-order valence-corrected chi connectivity index (χ1v) is 18.7. The van der Waals surface area contributed by atoms with Crippen LogP contribution in [0.5, 0.6) is 0 Å². The third kappa shape index (κ3) is 5.20. The van der Waals surface area contributed by atoms with Crippen LogP contribution in [0.1, 0.15) is 0 Å². The van der Waals surface area contributed by atoms with E-state index in [0.717, 1.165) is 61.5 Å². The number of nitrogens with zero attached hydrogens (tertiary/aromatic N) is 3. The summed E-state index contributed by atoms with van der Waals surface area (Å²) < 4.78 is 2.42. The molecule has 0 unspecified atom stereocenters. The van der Waals surface area contributed by atoms with Crippen LogP contribution in [0.4, 0.5) is 0 Å². The summed E-state index contributed by atoms with van der Waals surface area (Å²) in [4.78, 5) is 10.8. The van der Waals surface area contributed by atoms with E-state index in [1.165, 1.54) is 43.4 Å². The van der Waals surface area contributed by atoms with E-state index in [2.05, 4.69) is 193 Å². The van der Waals surface area contributed by atoms with E-state index in [1.807, 2.05) is 12.1 Å². The summed E-state index contributed by atoms with van der Waals surface area (Å²) in [6.45, 7) is 0. The van der Waals surface area contributed by atoms with Gasteiger partial charge in [0.05, 0.1) is 33.5 Å². The Morgan fingerprint density at radius 3 is 1.33 bits per heavy atom. The first-order valence-electron chi connectivity index (χ1n) is 18.7. The zero-order valence-corrected chi connectivity index (χ0v) is 29.9. The first kappa shape index (κ1) is 31.2. The second-order valence-corrected chi connectivity index (χ2v) is 14.2. The van der Waals surface area contributed by atoms with Gasteiger partial charge in [-0.3, -0.25) is 0 Å². The van der Waals surface area contributed by atoms with Crippen LogP contribution in [0.25, 0.3) is 105 Å². The van der Waals surface area contributed by atoms with Gasteiger partial charge in [-0.05, 0) is 98.4 Å². The van der Waals surface area contributed by atoms with Gasteiger partial charge in [0.1, 0.15) is 0 Å². The highest BCUT2D eigenvalue weighted by Crippen LogP contribution is 2.42. The molecule has 3 heteroatoms. The summed E-state index contributed by atoms with van der Waals surface area (Å²) in [6, 6.07) is 71.5. The molecule has 0 radical (unpaired) electrons. The van der Waals surface area contributed by atoms with Gasteiger partial charge < -0.3 is 4.57 Å². The van der Waals surface area contributed by atoms with Crippen molar-refractivity contribution in [2.45, 2.75) is 0 Å². The molecule has 11 rings (SSSR count). The fourth-order valence-corrected chi connectivity index (χ4v) is 8.38. The number of aromatic nitrogens is 3. The molecule has 55 heavy (non-hydrogen) atoms. The molecule has 256 valence electrons. The van der Waals surface area contributed by atoms with E-state index in [1.54, 1.807) is 0 Å². The van der Waals surface area contributed by atoms with Crippen molar-refractivity contribution in [1.29, 1.82) is 0 Å². The lowest BCUT2D eigenvalue weighted by molar-refractivity contribution is 1.18. The fraction of sp³-hybridized carbons (Fsp3) is 0. The molecule has 9 aromatic carbocycles. The van der Waals surface area contributed by atoms with Gasteiger partial charge >= 0.3 is 0 Å². The summed E-state index contributed by atoms with van der Waals surface area (Å²) in [7, 11) is 0. The van der Waals surface area contributed by atoms with Crippen molar-refractivity contribution in [2.75, 3.05) is 0 Å². The van der Waals surface area contributed by atoms with Crippen LogP contribution in [-0.2, 0) is 0 Å². The predicted molar refractivity (Wildman–Crippen MR) is 231 cm³/mol. The van der Waals surface area contributed by atoms with Crippen molar-refractivity contribution in [3.8, 4) is 50.5 Å². The van der Waals surface area contributed by atoms with Crippen LogP contribution in [0.15, 0.2) is 200 Å². The van der Waals surface area contributed by atoms with Crippen molar-refractivity contribution < 1.29 is 0 Å². The van der Waals surface area contributed by atoms with E-state index >= 15 is 0 Å². The Kier molecular flexibility index (Phi) is 7.17. The molecule has 0 N–H and O–H groups in total. The Morgan fingerprint density at radius 1 is 0.309 bits per heavy atom. The normalized spacial score (nSPS) is 11.6. The van der Waals surface area contributed by atoms with Gasteiger partial charge in [0.2, 0.25) is 0 Å². The zero-order chi connectivity index (χ0) is 36.3. The van der Waals surface area contributed by atoms with Crippen LogP contribution in [0.2, 0.25) is 0 Å². The summed E-state index contributed by atoms with van der Waals surface area (Å²) >= 11 is 0. The molecule has 0 bridgehead atoms. The minimum absolute atomic E-state index is 0.849. The second kappa shape index (κ2) is 12.6. The lowest BCUT2D eigenvalue weighted by Gasteiger charge is -2.15. The van der Waals surface area contributed by atoms with Crippen LogP contribution >= 0.6 is 0 Å². The van der Waals surface area contributed by atoms with Crippen molar-refractivity contribution in [3.05, 3.63) is 200 Å². The van der Waals surface area contributed by atoms with Gasteiger partial charge in [0.25, 0.3) is 0 Å². The highest BCUT2D eigenvalue weighted by Gasteiger charge is 2.20. The largest absolute Gasteiger partial charge is 0.309 e. The average Bonchev–Trinajstić information content (AvgIpc) is 3.62. The number of fused-ring (bicyclic) bond motifs is 8. The van der Waals surface area contributed by atoms with E-state index in [0.29, 0.717) is 0 Å². The van der Waals surface area contributed by atoms with Crippen LogP contribution in [0.3, 0.4) is 0 Å². The molecule has 0 atom stereocenters. The van der Waals surface area contributed by atoms with Gasteiger partial charge in [-0.25, -0.2) is 9.97 Å². The van der Waals surface area contributed by atoms with Crippen molar-refractivity contribution in [2.24, 2.45) is 0 Å². The smallest absolute Gasteiger partial charge is 0.0973 e. The van der Waals surface area contributed by atoms with Crippen molar-refractivity contribution >= 4 is 54.4 Å². The monoisotopic (exact) mass is 699 g/mol. The molecule has 3 nitrogen and oxygen atoms in total. The summed E-state index contributed by atoms with van der Waals surface area (Å²) in [5.41, 5.74) is 13.5. The highest BCUT2D eigenvalue weighted by molar-refractivity contribution is 6.28. The zero-order valence-electron chi connectivity index (χ0n) is 29.9. The fourth-order valence-electron chi connectivity index (χ4n) is 8.38. The Hall–Kier alpha value is -7.36. The van der Waals surface area contributed by atoms with E-state index in [-0.39, 0.29) is 0 Å². The molecule has 0 amide bonds. The topological polar surface area (TPSA) is 30.7 Å². The predicted octanol–water partition coefficient (Wildman–Crippen LogP) is 13.7. The molecule has 0 saturated carbocycles. The second-order valence-electron chi connectivity index (χ2n) is 14.2. The lowest BCUT2D eigenvalue weighted by atomic mass is 9.93. The van der Waals surface area contributed by atoms with Gasteiger partial charge in [-0.2, -0.15) is 0 Å². The number of benzene rings is 9. The van der Waals surface area contributed by atoms with Crippen LogP contribution in [-0.4, -0.2) is 14.5 Å². The van der Waals surface area contributed by atoms with Gasteiger partial charge in [-0.15, -0.1) is 0 Å². The van der Waals surface area contributed by atoms with Crippen LogP contribution < -0.4 is 0 Å². The minimum Gasteiger partial charge on any atom is -0.309 e. The number of hydrogen-bond donors (Lipinski definition) is 0. The van der Waals surface area contributed by atoms with Gasteiger partial charge in [0.15, 0.2) is 0 Å². The Balaban J connectivity index is 1.17. The number of rotatable bonds is 5. The minimum atomic E-state index is 0.849. The van der Waals surface area contributed by atoms with E-state index < -0.39 is 0 Å². The molecule has 0 spiro atoms. The van der Waals surface area contributed by atoms with Gasteiger partial charge in [-0.1, -0.05) is 146 Å². The Bertz CT molecular complexity index is 3100. The van der Waals surface area contributed by atoms with Crippen molar-refractivity contribution in [1.82, 2.24) is 14.5 Å². The molecular formula is C52H33N3. The maximum Gasteiger partial charge on any atom is 0.0973 e. The Labute approximate surface area is 318 Å². The SMILES string of the molecule is c1ccc(-c2cc(-c3ccccc3)cc(-c3nc4ccccc4nc3-c3cccc(-n4c5ccc6ccccc6c5c5c6ccccc6ccc54)c3)c2)cc1. The molecule has 0 aliphatic rings. The average molecular weight is 700 g/mol. The molecule has 2 heterocycles. The number of hydrogen-bond acceptors (Lipinski definition) is 2. The standard InChI is InChI=1S/C52H33N3/c1-3-14-34(15-4-1)39-30-40(35-16-5-2-6-17-35)32-41(31-39)52-51(53-45-24-11-12-25-46(45)54-52)38-20-13-21-42(33-38)55-47-28-26-36-18-7-9-22-43(36)49(47)50-44-23-10-8-19-37(44)27-29-48(50)55/h1-33H. The lowest BCUT2D eigenvalue weighted by Crippen LogP contribution is -1.98. The molecule has 2 aromatic heterocycles. The number of para-hydroxylation sites is 2. The van der Waals surface area contributed by atoms with Gasteiger partial charge in [0, 0.05) is 27.6 Å². The molecule has 0 saturated heterocycles. The van der Waals surface area contributed by atoms with Crippen LogP contribution in [0, 0.1) is 0 Å².